The van der Waals surface area contributed by atoms with E-state index >= 15 is 0 Å². The summed E-state index contributed by atoms with van der Waals surface area (Å²) in [6, 6.07) is 2.65. The van der Waals surface area contributed by atoms with Gasteiger partial charge in [0.05, 0.1) is 33.5 Å². The average molecular weight is 396 g/mol. The maximum atomic E-state index is 13.1. The Kier molecular flexibility index (Phi) is 8.61. The van der Waals surface area contributed by atoms with Crippen LogP contribution in [0.1, 0.15) is 27.7 Å². The van der Waals surface area contributed by atoms with Gasteiger partial charge in [0.25, 0.3) is 0 Å². The van der Waals surface area contributed by atoms with Gasteiger partial charge in [0, 0.05) is 0 Å². The van der Waals surface area contributed by atoms with Gasteiger partial charge in [-0.2, -0.15) is 0 Å². The van der Waals surface area contributed by atoms with Crippen molar-refractivity contribution in [2.24, 2.45) is 0 Å². The minimum absolute atomic E-state index is 0.0951. The highest BCUT2D eigenvalue weighted by Crippen LogP contribution is 2.54. The Morgan fingerprint density at radius 1 is 0.800 bits per heavy atom. The summed E-state index contributed by atoms with van der Waals surface area (Å²) >= 11 is 0. The molecule has 1 N–H and O–H groups in total. The molecule has 0 bridgehead atoms. The molecule has 8 nitrogen and oxygen atoms in total. The summed E-state index contributed by atoms with van der Waals surface area (Å²) in [5.74, 6) is -0.307. The fraction of sp³-hybridized carbons (Fsp3) is 0.600. The second-order valence-electron chi connectivity index (χ2n) is 4.68. The summed E-state index contributed by atoms with van der Waals surface area (Å²) in [6.07, 6.45) is 0. The minimum Gasteiger partial charge on any atom is -0.506 e. The van der Waals surface area contributed by atoms with E-state index in [4.69, 9.17) is 22.8 Å². The molecule has 0 heterocycles. The highest BCUT2D eigenvalue weighted by atomic mass is 31.2. The molecule has 0 saturated heterocycles. The van der Waals surface area contributed by atoms with Crippen LogP contribution in [0.4, 0.5) is 0 Å². The molecule has 0 atom stereocenters. The third-order valence-electron chi connectivity index (χ3n) is 3.07. The van der Waals surface area contributed by atoms with Gasteiger partial charge in [-0.15, -0.1) is 0 Å². The van der Waals surface area contributed by atoms with Crippen molar-refractivity contribution in [3.05, 3.63) is 12.1 Å². The van der Waals surface area contributed by atoms with Gasteiger partial charge in [-0.3, -0.25) is 9.13 Å². The molecule has 0 unspecified atom stereocenters. The molecular formula is C15H26O8P2. The van der Waals surface area contributed by atoms with Gasteiger partial charge < -0.3 is 27.9 Å². The van der Waals surface area contributed by atoms with Gasteiger partial charge in [0.1, 0.15) is 22.1 Å². The van der Waals surface area contributed by atoms with E-state index in [2.05, 4.69) is 0 Å². The lowest BCUT2D eigenvalue weighted by atomic mass is 10.3. The lowest BCUT2D eigenvalue weighted by Crippen LogP contribution is -2.20. The van der Waals surface area contributed by atoms with Crippen LogP contribution in [0.2, 0.25) is 0 Å². The standard InChI is InChI=1S/C15H26O8P2/c1-6-20-24(17,21-7-2)13-10-12(19-5)11-14(15(13)16)25(18,22-8-3)23-9-4/h10-11,16H,6-9H2,1-5H3. The molecule has 0 spiro atoms. The molecule has 1 aromatic rings. The fourth-order valence-electron chi connectivity index (χ4n) is 2.15. The number of hydrogen-bond donors (Lipinski definition) is 1. The Morgan fingerprint density at radius 2 is 1.12 bits per heavy atom. The van der Waals surface area contributed by atoms with E-state index in [9.17, 15) is 14.2 Å². The van der Waals surface area contributed by atoms with Gasteiger partial charge in [-0.05, 0) is 39.8 Å². The molecular weight excluding hydrogens is 370 g/mol. The molecule has 1 rings (SSSR count). The third-order valence-corrected chi connectivity index (χ3v) is 7.32. The van der Waals surface area contributed by atoms with Gasteiger partial charge >= 0.3 is 15.2 Å². The Balaban J connectivity index is 3.67. The molecule has 0 aliphatic carbocycles. The predicted molar refractivity (Wildman–Crippen MR) is 95.6 cm³/mol. The molecule has 0 fully saturated rings. The summed E-state index contributed by atoms with van der Waals surface area (Å²) in [5.41, 5.74) is 0. The molecule has 0 saturated carbocycles. The van der Waals surface area contributed by atoms with Crippen LogP contribution >= 0.6 is 15.2 Å². The van der Waals surface area contributed by atoms with Crippen molar-refractivity contribution in [1.29, 1.82) is 0 Å². The van der Waals surface area contributed by atoms with E-state index in [-0.39, 0.29) is 42.8 Å². The zero-order valence-electron chi connectivity index (χ0n) is 15.2. The van der Waals surface area contributed by atoms with Gasteiger partial charge in [-0.1, -0.05) is 0 Å². The van der Waals surface area contributed by atoms with Crippen LogP contribution in [0, 0.1) is 0 Å². The quantitative estimate of drug-likeness (QED) is 0.569. The topological polar surface area (TPSA) is 101 Å². The smallest absolute Gasteiger partial charge is 0.365 e. The lowest BCUT2D eigenvalue weighted by Gasteiger charge is -2.23. The van der Waals surface area contributed by atoms with E-state index in [0.717, 1.165) is 0 Å². The van der Waals surface area contributed by atoms with E-state index in [1.807, 2.05) is 0 Å². The molecule has 144 valence electrons. The summed E-state index contributed by atoms with van der Waals surface area (Å²) in [5, 5.41) is 10.4. The van der Waals surface area contributed by atoms with E-state index in [0.29, 0.717) is 0 Å². The third kappa shape index (κ3) is 5.07. The van der Waals surface area contributed by atoms with Crippen LogP contribution in [0.25, 0.3) is 0 Å². The summed E-state index contributed by atoms with van der Waals surface area (Å²) in [4.78, 5) is 0. The highest BCUT2D eigenvalue weighted by Gasteiger charge is 2.38. The molecule has 1 aromatic carbocycles. The van der Waals surface area contributed by atoms with Crippen LogP contribution in [0.5, 0.6) is 11.5 Å². The SMILES string of the molecule is CCOP(=O)(OCC)c1cc(OC)cc(P(=O)(OCC)OCC)c1O. The van der Waals surface area contributed by atoms with E-state index < -0.39 is 20.9 Å². The number of hydrogen-bond acceptors (Lipinski definition) is 8. The molecule has 0 aliphatic heterocycles. The summed E-state index contributed by atoms with van der Waals surface area (Å²) in [7, 11) is -6.30. The van der Waals surface area contributed by atoms with Gasteiger partial charge in [-0.25, -0.2) is 0 Å². The first-order chi connectivity index (χ1) is 11.8. The van der Waals surface area contributed by atoms with Crippen molar-refractivity contribution in [2.45, 2.75) is 27.7 Å². The largest absolute Gasteiger partial charge is 0.506 e. The zero-order valence-corrected chi connectivity index (χ0v) is 17.0. The Hall–Kier alpha value is -0.880. The second kappa shape index (κ2) is 9.72. The fourth-order valence-corrected chi connectivity index (χ4v) is 5.63. The van der Waals surface area contributed by atoms with Crippen molar-refractivity contribution < 1.29 is 37.1 Å². The Labute approximate surface area is 148 Å². The molecule has 25 heavy (non-hydrogen) atoms. The number of aromatic hydroxyl groups is 1. The molecule has 10 heteroatoms. The number of ether oxygens (including phenoxy) is 1. The number of phenolic OH excluding ortho intramolecular Hbond substituents is 1. The number of rotatable bonds is 11. The first kappa shape index (κ1) is 22.2. The Morgan fingerprint density at radius 3 is 1.36 bits per heavy atom. The zero-order chi connectivity index (χ0) is 19.1. The number of phenols is 1. The first-order valence-electron chi connectivity index (χ1n) is 8.02. The monoisotopic (exact) mass is 396 g/mol. The van der Waals surface area contributed by atoms with Crippen molar-refractivity contribution in [3.63, 3.8) is 0 Å². The van der Waals surface area contributed by atoms with Crippen molar-refractivity contribution >= 4 is 25.8 Å². The summed E-state index contributed by atoms with van der Waals surface area (Å²) < 4.78 is 52.4. The van der Waals surface area contributed by atoms with Crippen LogP contribution in [0.15, 0.2) is 12.1 Å². The maximum Gasteiger partial charge on any atom is 0.365 e. The first-order valence-corrected chi connectivity index (χ1v) is 11.1. The minimum atomic E-state index is -3.85. The number of benzene rings is 1. The average Bonchev–Trinajstić information content (AvgIpc) is 2.55. The maximum absolute atomic E-state index is 13.1. The van der Waals surface area contributed by atoms with Gasteiger partial charge in [0.2, 0.25) is 0 Å². The van der Waals surface area contributed by atoms with Crippen molar-refractivity contribution in [2.75, 3.05) is 33.5 Å². The molecule has 0 aromatic heterocycles. The molecule has 0 amide bonds. The number of methoxy groups -OCH3 is 1. The van der Waals surface area contributed by atoms with Crippen LogP contribution < -0.4 is 15.3 Å². The Bertz CT molecular complexity index is 590. The normalized spacial score (nSPS) is 12.4. The second-order valence-corrected chi connectivity index (χ2v) is 8.67. The van der Waals surface area contributed by atoms with E-state index in [1.54, 1.807) is 27.7 Å². The van der Waals surface area contributed by atoms with Crippen LogP contribution in [0.3, 0.4) is 0 Å². The van der Waals surface area contributed by atoms with Crippen molar-refractivity contribution in [3.8, 4) is 11.5 Å². The predicted octanol–water partition coefficient (Wildman–Crippen LogP) is 3.18. The highest BCUT2D eigenvalue weighted by molar-refractivity contribution is 7.64. The van der Waals surface area contributed by atoms with Crippen molar-refractivity contribution in [1.82, 2.24) is 0 Å². The lowest BCUT2D eigenvalue weighted by molar-refractivity contribution is 0.228. The van der Waals surface area contributed by atoms with Crippen LogP contribution in [-0.4, -0.2) is 38.6 Å². The van der Waals surface area contributed by atoms with Gasteiger partial charge in [0.15, 0.2) is 0 Å². The molecule has 0 radical (unpaired) electrons. The van der Waals surface area contributed by atoms with E-state index in [1.165, 1.54) is 19.2 Å². The molecule has 0 aliphatic rings. The summed E-state index contributed by atoms with van der Waals surface area (Å²) in [6.45, 7) is 6.97. The van der Waals surface area contributed by atoms with Crippen LogP contribution in [-0.2, 0) is 27.2 Å².